The molecule has 0 saturated heterocycles. The first-order valence-electron chi connectivity index (χ1n) is 5.30. The fraction of sp³-hybridized carbons (Fsp3) is 0.333. The molecule has 0 fully saturated rings. The molecule has 1 rings (SSSR count). The van der Waals surface area contributed by atoms with Crippen molar-refractivity contribution in [3.63, 3.8) is 0 Å². The van der Waals surface area contributed by atoms with Crippen molar-refractivity contribution in [3.8, 4) is 17.9 Å². The van der Waals surface area contributed by atoms with Gasteiger partial charge in [-0.2, -0.15) is 36.9 Å². The molecule has 1 aromatic rings. The number of alkyl halides is 6. The Labute approximate surface area is 115 Å². The van der Waals surface area contributed by atoms with Crippen LogP contribution in [0.2, 0.25) is 0 Å². The summed E-state index contributed by atoms with van der Waals surface area (Å²) < 4.78 is 78.4. The standard InChI is InChI=1S/C12H6F6N2O/c13-11(14,15)10(12(16,17)18)6-21-9-3-1-2-7(4-19)8(9)5-20/h1-3,10H,6H2. The molecular formula is C12H6F6N2O. The highest BCUT2D eigenvalue weighted by Crippen LogP contribution is 2.39. The normalized spacial score (nSPS) is 11.9. The Balaban J connectivity index is 3.03. The first-order chi connectivity index (χ1) is 9.61. The van der Waals surface area contributed by atoms with Gasteiger partial charge in [-0.15, -0.1) is 0 Å². The van der Waals surface area contributed by atoms with E-state index < -0.39 is 36.2 Å². The smallest absolute Gasteiger partial charge is 0.403 e. The number of rotatable bonds is 3. The van der Waals surface area contributed by atoms with Crippen LogP contribution < -0.4 is 4.74 Å². The monoisotopic (exact) mass is 308 g/mol. The van der Waals surface area contributed by atoms with E-state index >= 15 is 0 Å². The van der Waals surface area contributed by atoms with E-state index in [1.54, 1.807) is 6.07 Å². The van der Waals surface area contributed by atoms with E-state index in [0.29, 0.717) is 0 Å². The van der Waals surface area contributed by atoms with Crippen LogP contribution in [0.4, 0.5) is 26.3 Å². The predicted molar refractivity (Wildman–Crippen MR) is 57.0 cm³/mol. The second-order valence-electron chi connectivity index (χ2n) is 3.85. The van der Waals surface area contributed by atoms with Gasteiger partial charge in [0.2, 0.25) is 0 Å². The third-order valence-electron chi connectivity index (χ3n) is 2.45. The maximum Gasteiger partial charge on any atom is 0.403 e. The molecule has 0 amide bonds. The van der Waals surface area contributed by atoms with Gasteiger partial charge in [0.05, 0.1) is 5.56 Å². The van der Waals surface area contributed by atoms with Crippen LogP contribution in [0, 0.1) is 28.6 Å². The minimum atomic E-state index is -5.53. The van der Waals surface area contributed by atoms with E-state index in [0.717, 1.165) is 6.07 Å². The maximum absolute atomic E-state index is 12.3. The van der Waals surface area contributed by atoms with Crippen LogP contribution in [0.5, 0.6) is 5.75 Å². The lowest BCUT2D eigenvalue weighted by Gasteiger charge is -2.23. The lowest BCUT2D eigenvalue weighted by Crippen LogP contribution is -2.40. The molecule has 0 aliphatic heterocycles. The molecule has 0 aliphatic rings. The molecule has 21 heavy (non-hydrogen) atoms. The van der Waals surface area contributed by atoms with Crippen molar-refractivity contribution in [1.82, 2.24) is 0 Å². The topological polar surface area (TPSA) is 56.8 Å². The van der Waals surface area contributed by atoms with Gasteiger partial charge in [-0.1, -0.05) is 6.07 Å². The fourth-order valence-corrected chi connectivity index (χ4v) is 1.41. The van der Waals surface area contributed by atoms with E-state index in [1.165, 1.54) is 18.2 Å². The van der Waals surface area contributed by atoms with E-state index in [1.807, 2.05) is 0 Å². The fourth-order valence-electron chi connectivity index (χ4n) is 1.41. The molecule has 0 radical (unpaired) electrons. The Morgan fingerprint density at radius 3 is 2.00 bits per heavy atom. The quantitative estimate of drug-likeness (QED) is 0.802. The molecule has 0 aromatic heterocycles. The SMILES string of the molecule is N#Cc1cccc(OCC(C(F)(F)F)C(F)(F)F)c1C#N. The van der Waals surface area contributed by atoms with Gasteiger partial charge in [-0.05, 0) is 12.1 Å². The molecule has 0 bridgehead atoms. The molecule has 0 atom stereocenters. The largest absolute Gasteiger partial charge is 0.491 e. The van der Waals surface area contributed by atoms with Crippen molar-refractivity contribution in [2.45, 2.75) is 12.4 Å². The van der Waals surface area contributed by atoms with E-state index in [4.69, 9.17) is 10.5 Å². The number of benzene rings is 1. The summed E-state index contributed by atoms with van der Waals surface area (Å²) in [4.78, 5) is 0. The minimum Gasteiger partial charge on any atom is -0.491 e. The van der Waals surface area contributed by atoms with Crippen LogP contribution in [0.1, 0.15) is 11.1 Å². The average Bonchev–Trinajstić information content (AvgIpc) is 2.35. The lowest BCUT2D eigenvalue weighted by atomic mass is 10.1. The molecule has 0 saturated carbocycles. The molecule has 0 N–H and O–H groups in total. The van der Waals surface area contributed by atoms with Gasteiger partial charge in [0.1, 0.15) is 30.1 Å². The Kier molecular flexibility index (Phi) is 4.69. The van der Waals surface area contributed by atoms with Crippen LogP contribution >= 0.6 is 0 Å². The summed E-state index contributed by atoms with van der Waals surface area (Å²) in [6, 6.07) is 6.49. The van der Waals surface area contributed by atoms with Crippen molar-refractivity contribution in [2.24, 2.45) is 5.92 Å². The van der Waals surface area contributed by atoms with E-state index in [-0.39, 0.29) is 5.56 Å². The molecule has 0 heterocycles. The van der Waals surface area contributed by atoms with Crippen LogP contribution in [0.15, 0.2) is 18.2 Å². The summed E-state index contributed by atoms with van der Waals surface area (Å²) in [5.41, 5.74) is -0.617. The summed E-state index contributed by atoms with van der Waals surface area (Å²) >= 11 is 0. The molecule has 112 valence electrons. The number of nitriles is 2. The second-order valence-corrected chi connectivity index (χ2v) is 3.85. The van der Waals surface area contributed by atoms with E-state index in [9.17, 15) is 26.3 Å². The molecule has 0 aliphatic carbocycles. The third kappa shape index (κ3) is 4.02. The van der Waals surface area contributed by atoms with Gasteiger partial charge in [0.15, 0.2) is 5.92 Å². The van der Waals surface area contributed by atoms with Crippen molar-refractivity contribution >= 4 is 0 Å². The van der Waals surface area contributed by atoms with Crippen molar-refractivity contribution < 1.29 is 31.1 Å². The number of halogens is 6. The van der Waals surface area contributed by atoms with Crippen molar-refractivity contribution in [1.29, 1.82) is 10.5 Å². The highest BCUT2D eigenvalue weighted by atomic mass is 19.4. The zero-order valence-corrected chi connectivity index (χ0v) is 10.1. The van der Waals surface area contributed by atoms with Crippen LogP contribution in [-0.4, -0.2) is 19.0 Å². The Hall–Kier alpha value is -2.42. The summed E-state index contributed by atoms with van der Waals surface area (Å²) in [6.07, 6.45) is -11.1. The van der Waals surface area contributed by atoms with E-state index in [2.05, 4.69) is 4.74 Å². The molecule has 0 spiro atoms. The van der Waals surface area contributed by atoms with Crippen LogP contribution in [0.25, 0.3) is 0 Å². The number of hydrogen-bond acceptors (Lipinski definition) is 3. The summed E-state index contributed by atoms with van der Waals surface area (Å²) in [6.45, 7) is -1.73. The molecule has 9 heteroatoms. The number of hydrogen-bond donors (Lipinski definition) is 0. The Morgan fingerprint density at radius 1 is 1.00 bits per heavy atom. The van der Waals surface area contributed by atoms with Gasteiger partial charge < -0.3 is 4.74 Å². The average molecular weight is 308 g/mol. The van der Waals surface area contributed by atoms with Gasteiger partial charge >= 0.3 is 12.4 Å². The number of nitrogens with zero attached hydrogens (tertiary/aromatic N) is 2. The highest BCUT2D eigenvalue weighted by Gasteiger charge is 2.57. The van der Waals surface area contributed by atoms with Gasteiger partial charge in [-0.25, -0.2) is 0 Å². The van der Waals surface area contributed by atoms with Crippen LogP contribution in [0.3, 0.4) is 0 Å². The maximum atomic E-state index is 12.3. The molecule has 1 aromatic carbocycles. The first-order valence-corrected chi connectivity index (χ1v) is 5.30. The summed E-state index contributed by atoms with van der Waals surface area (Å²) in [7, 11) is 0. The number of ether oxygens (including phenoxy) is 1. The zero-order valence-electron chi connectivity index (χ0n) is 10.1. The predicted octanol–water partition coefficient (Wildman–Crippen LogP) is 3.55. The Morgan fingerprint density at radius 2 is 1.57 bits per heavy atom. The highest BCUT2D eigenvalue weighted by molar-refractivity contribution is 5.53. The molecule has 0 unspecified atom stereocenters. The van der Waals surface area contributed by atoms with Crippen LogP contribution in [-0.2, 0) is 0 Å². The second kappa shape index (κ2) is 5.92. The van der Waals surface area contributed by atoms with Crippen molar-refractivity contribution in [2.75, 3.05) is 6.61 Å². The van der Waals surface area contributed by atoms with Gasteiger partial charge in [0.25, 0.3) is 0 Å². The minimum absolute atomic E-state index is 0.203. The van der Waals surface area contributed by atoms with Gasteiger partial charge in [-0.3, -0.25) is 0 Å². The zero-order chi connectivity index (χ0) is 16.3. The van der Waals surface area contributed by atoms with Crippen molar-refractivity contribution in [3.05, 3.63) is 29.3 Å². The summed E-state index contributed by atoms with van der Waals surface area (Å²) in [5, 5.41) is 17.5. The summed E-state index contributed by atoms with van der Waals surface area (Å²) in [5.74, 6) is -4.18. The molecular weight excluding hydrogens is 302 g/mol. The lowest BCUT2D eigenvalue weighted by molar-refractivity contribution is -0.289. The van der Waals surface area contributed by atoms with Gasteiger partial charge in [0, 0.05) is 0 Å². The first kappa shape index (κ1) is 16.6. The Bertz CT molecular complexity index is 580. The molecule has 3 nitrogen and oxygen atoms in total. The third-order valence-corrected chi connectivity index (χ3v) is 2.45.